The first-order valence-corrected chi connectivity index (χ1v) is 12.5. The molecule has 35 heavy (non-hydrogen) atoms. The average Bonchev–Trinajstić information content (AvgIpc) is 3.08. The molecule has 2 aliphatic rings. The lowest BCUT2D eigenvalue weighted by Gasteiger charge is -2.38. The second-order valence-corrected chi connectivity index (χ2v) is 10.5. The molecule has 0 saturated carbocycles. The van der Waals surface area contributed by atoms with Crippen molar-refractivity contribution in [1.29, 1.82) is 0 Å². The monoisotopic (exact) mass is 473 g/mol. The average molecular weight is 474 g/mol. The summed E-state index contributed by atoms with van der Waals surface area (Å²) in [6.07, 6.45) is 4.39. The molecular formula is C29H32FN3O2. The van der Waals surface area contributed by atoms with Crippen LogP contribution in [0.2, 0.25) is 0 Å². The molecule has 0 aliphatic carbocycles. The Hall–Kier alpha value is -3.28. The molecule has 1 spiro atoms. The third kappa shape index (κ3) is 4.54. The third-order valence-corrected chi connectivity index (χ3v) is 7.59. The first kappa shape index (κ1) is 23.5. The lowest BCUT2D eigenvalue weighted by Crippen LogP contribution is -2.47. The van der Waals surface area contributed by atoms with Crippen molar-refractivity contribution >= 4 is 22.6 Å². The number of rotatable bonds is 5. The Bertz CT molecular complexity index is 1240. The zero-order valence-corrected chi connectivity index (χ0v) is 20.4. The number of likely N-dealkylation sites (tertiary alicyclic amines) is 2. The zero-order valence-electron chi connectivity index (χ0n) is 20.4. The van der Waals surface area contributed by atoms with E-state index in [9.17, 15) is 14.0 Å². The summed E-state index contributed by atoms with van der Waals surface area (Å²) in [5, 5.41) is 1.85. The van der Waals surface area contributed by atoms with Crippen LogP contribution in [0.4, 0.5) is 4.39 Å². The Morgan fingerprint density at radius 2 is 1.89 bits per heavy atom. The summed E-state index contributed by atoms with van der Waals surface area (Å²) in [6, 6.07) is 16.4. The van der Waals surface area contributed by atoms with Gasteiger partial charge in [-0.3, -0.25) is 14.6 Å². The van der Waals surface area contributed by atoms with Crippen LogP contribution in [-0.4, -0.2) is 52.3 Å². The molecule has 5 nitrogen and oxygen atoms in total. The largest absolute Gasteiger partial charge is 0.339 e. The molecule has 0 N–H and O–H groups in total. The van der Waals surface area contributed by atoms with E-state index in [1.165, 1.54) is 6.07 Å². The van der Waals surface area contributed by atoms with Crippen LogP contribution >= 0.6 is 0 Å². The van der Waals surface area contributed by atoms with Crippen LogP contribution in [0.15, 0.2) is 60.8 Å². The highest BCUT2D eigenvalue weighted by atomic mass is 19.1. The fourth-order valence-corrected chi connectivity index (χ4v) is 5.86. The maximum atomic E-state index is 13.8. The molecule has 2 saturated heterocycles. The highest BCUT2D eigenvalue weighted by Gasteiger charge is 2.52. The van der Waals surface area contributed by atoms with E-state index in [1.807, 2.05) is 46.2 Å². The van der Waals surface area contributed by atoms with Gasteiger partial charge in [0.2, 0.25) is 5.91 Å². The molecule has 5 rings (SSSR count). The molecule has 6 heteroatoms. The number of piperidine rings is 1. The number of hydrogen-bond acceptors (Lipinski definition) is 3. The number of halogens is 1. The number of hydrogen-bond donors (Lipinski definition) is 0. The molecule has 182 valence electrons. The zero-order chi connectivity index (χ0) is 24.6. The van der Waals surface area contributed by atoms with E-state index in [2.05, 4.69) is 18.8 Å². The van der Waals surface area contributed by atoms with Gasteiger partial charge in [-0.15, -0.1) is 0 Å². The van der Waals surface area contributed by atoms with E-state index >= 15 is 0 Å². The molecule has 1 aromatic heterocycles. The predicted octanol–water partition coefficient (Wildman–Crippen LogP) is 5.10. The van der Waals surface area contributed by atoms with Gasteiger partial charge in [0, 0.05) is 37.3 Å². The number of amides is 2. The smallest absolute Gasteiger partial charge is 0.273 e. The van der Waals surface area contributed by atoms with E-state index < -0.39 is 5.41 Å². The van der Waals surface area contributed by atoms with E-state index in [4.69, 9.17) is 0 Å². The van der Waals surface area contributed by atoms with E-state index in [0.717, 1.165) is 22.8 Å². The summed E-state index contributed by atoms with van der Waals surface area (Å²) >= 11 is 0. The first-order valence-electron chi connectivity index (χ1n) is 12.5. The van der Waals surface area contributed by atoms with Crippen molar-refractivity contribution in [3.05, 3.63) is 77.9 Å². The van der Waals surface area contributed by atoms with Gasteiger partial charge in [0.1, 0.15) is 11.5 Å². The fourth-order valence-electron chi connectivity index (χ4n) is 5.86. The molecule has 3 heterocycles. The first-order chi connectivity index (χ1) is 16.9. The van der Waals surface area contributed by atoms with Gasteiger partial charge in [-0.1, -0.05) is 50.2 Å². The topological polar surface area (TPSA) is 53.5 Å². The van der Waals surface area contributed by atoms with Crippen molar-refractivity contribution in [2.45, 2.75) is 45.6 Å². The molecule has 0 radical (unpaired) electrons. The van der Waals surface area contributed by atoms with Crippen LogP contribution in [0, 0.1) is 17.2 Å². The molecule has 2 aromatic carbocycles. The summed E-state index contributed by atoms with van der Waals surface area (Å²) in [5.41, 5.74) is 0.945. The van der Waals surface area contributed by atoms with E-state index in [-0.39, 0.29) is 23.7 Å². The second kappa shape index (κ2) is 9.40. The van der Waals surface area contributed by atoms with Crippen LogP contribution in [0.3, 0.4) is 0 Å². The molecular weight excluding hydrogens is 441 g/mol. The molecule has 0 bridgehead atoms. The summed E-state index contributed by atoms with van der Waals surface area (Å²) in [5.74, 6) is 0.231. The molecule has 1 atom stereocenters. The van der Waals surface area contributed by atoms with Crippen LogP contribution in [0.1, 0.15) is 49.2 Å². The van der Waals surface area contributed by atoms with Gasteiger partial charge in [0.25, 0.3) is 5.91 Å². The van der Waals surface area contributed by atoms with Gasteiger partial charge in [-0.25, -0.2) is 4.39 Å². The highest BCUT2D eigenvalue weighted by molar-refractivity contribution is 6.05. The summed E-state index contributed by atoms with van der Waals surface area (Å²) in [6.45, 7) is 6.02. The fraction of sp³-hybridized carbons (Fsp3) is 0.414. The Morgan fingerprint density at radius 3 is 2.63 bits per heavy atom. The molecule has 2 aliphatic heterocycles. The van der Waals surface area contributed by atoms with Crippen molar-refractivity contribution in [1.82, 2.24) is 14.8 Å². The minimum Gasteiger partial charge on any atom is -0.339 e. The van der Waals surface area contributed by atoms with Gasteiger partial charge < -0.3 is 9.80 Å². The SMILES string of the molecule is CC(C)CN1C(=O)C2(CCN(C(=O)c3nccc4ccccc34)CC2)C[C@@H]1Cc1cccc(F)c1. The second-order valence-electron chi connectivity index (χ2n) is 10.5. The van der Waals surface area contributed by atoms with Crippen molar-refractivity contribution < 1.29 is 14.0 Å². The van der Waals surface area contributed by atoms with Crippen molar-refractivity contribution in [3.63, 3.8) is 0 Å². The van der Waals surface area contributed by atoms with Crippen LogP contribution in [0.5, 0.6) is 0 Å². The number of pyridine rings is 1. The Balaban J connectivity index is 1.34. The predicted molar refractivity (Wildman–Crippen MR) is 134 cm³/mol. The number of fused-ring (bicyclic) bond motifs is 1. The summed E-state index contributed by atoms with van der Waals surface area (Å²) < 4.78 is 13.8. The Morgan fingerprint density at radius 1 is 1.11 bits per heavy atom. The number of aromatic nitrogens is 1. The van der Waals surface area contributed by atoms with E-state index in [1.54, 1.807) is 18.3 Å². The third-order valence-electron chi connectivity index (χ3n) is 7.59. The normalized spacial score (nSPS) is 19.8. The standard InChI is InChI=1S/C29H32FN3O2/c1-20(2)19-33-24(17-21-6-5-8-23(30)16-21)18-29(28(33)35)11-14-32(15-12-29)27(34)26-25-9-4-3-7-22(25)10-13-31-26/h3-10,13,16,20,24H,11-12,14-15,17-19H2,1-2H3/t24-/m0/s1. The van der Waals surface area contributed by atoms with Crippen LogP contribution in [0.25, 0.3) is 10.8 Å². The van der Waals surface area contributed by atoms with Crippen LogP contribution in [-0.2, 0) is 11.2 Å². The van der Waals surface area contributed by atoms with Crippen molar-refractivity contribution in [3.8, 4) is 0 Å². The van der Waals surface area contributed by atoms with Crippen molar-refractivity contribution in [2.24, 2.45) is 11.3 Å². The summed E-state index contributed by atoms with van der Waals surface area (Å²) in [7, 11) is 0. The van der Waals surface area contributed by atoms with Gasteiger partial charge in [0.05, 0.1) is 5.41 Å². The van der Waals surface area contributed by atoms with Crippen LogP contribution < -0.4 is 0 Å². The lowest BCUT2D eigenvalue weighted by molar-refractivity contribution is -0.139. The lowest BCUT2D eigenvalue weighted by atomic mass is 9.75. The summed E-state index contributed by atoms with van der Waals surface area (Å²) in [4.78, 5) is 35.4. The number of carbonyl (C=O) groups excluding carboxylic acids is 2. The minimum absolute atomic E-state index is 0.0497. The van der Waals surface area contributed by atoms with Gasteiger partial charge >= 0.3 is 0 Å². The number of carbonyl (C=O) groups is 2. The molecule has 3 aromatic rings. The molecule has 2 fully saturated rings. The molecule has 2 amide bonds. The van der Waals surface area contributed by atoms with Gasteiger partial charge in [-0.05, 0) is 60.7 Å². The Labute approximate surface area is 205 Å². The van der Waals surface area contributed by atoms with Gasteiger partial charge in [0.15, 0.2) is 0 Å². The maximum absolute atomic E-state index is 13.8. The molecule has 0 unspecified atom stereocenters. The number of nitrogens with zero attached hydrogens (tertiary/aromatic N) is 3. The Kier molecular flexibility index (Phi) is 6.30. The van der Waals surface area contributed by atoms with Gasteiger partial charge in [-0.2, -0.15) is 0 Å². The van der Waals surface area contributed by atoms with E-state index in [0.29, 0.717) is 50.5 Å². The minimum atomic E-state index is -0.449. The quantitative estimate of drug-likeness (QED) is 0.518. The highest BCUT2D eigenvalue weighted by Crippen LogP contribution is 2.45. The maximum Gasteiger partial charge on any atom is 0.273 e. The number of benzene rings is 2. The van der Waals surface area contributed by atoms with Crippen molar-refractivity contribution in [2.75, 3.05) is 19.6 Å².